The molecule has 0 saturated carbocycles. The number of ether oxygens (including phenoxy) is 1. The van der Waals surface area contributed by atoms with Crippen LogP contribution in [0.4, 0.5) is 0 Å². The summed E-state index contributed by atoms with van der Waals surface area (Å²) >= 11 is 0. The summed E-state index contributed by atoms with van der Waals surface area (Å²) in [7, 11) is 0. The number of hydrogen-bond acceptors (Lipinski definition) is 6. The summed E-state index contributed by atoms with van der Waals surface area (Å²) in [6.07, 6.45) is 5.51. The van der Waals surface area contributed by atoms with Gasteiger partial charge in [0.05, 0.1) is 11.0 Å². The fraction of sp³-hybridized carbons (Fsp3) is 0.217. The van der Waals surface area contributed by atoms with Gasteiger partial charge in [-0.05, 0) is 55.8 Å². The molecule has 0 spiro atoms. The monoisotopic (exact) mass is 399 g/mol. The molecule has 7 heteroatoms. The summed E-state index contributed by atoms with van der Waals surface area (Å²) in [6.45, 7) is 1.91. The standard InChI is InChI=1S/C23H21N5O2/c29-21(22-27-18-5-1-2-6-19(18)28-22)15-7-9-17(10-8-15)30-23-20(25-12-13-26-23)16-4-3-11-24-14-16/h1-2,5-10,12-13,16,24H,3-4,11,14H2,(H,27,28). The van der Waals surface area contributed by atoms with Crippen LogP contribution in [0.25, 0.3) is 11.0 Å². The van der Waals surface area contributed by atoms with Crippen molar-refractivity contribution in [3.63, 3.8) is 0 Å². The second-order valence-electron chi connectivity index (χ2n) is 7.35. The second-order valence-corrected chi connectivity index (χ2v) is 7.35. The Morgan fingerprint density at radius 3 is 2.67 bits per heavy atom. The largest absolute Gasteiger partial charge is 0.437 e. The van der Waals surface area contributed by atoms with Gasteiger partial charge in [-0.3, -0.25) is 9.78 Å². The van der Waals surface area contributed by atoms with Crippen LogP contribution in [0.2, 0.25) is 0 Å². The van der Waals surface area contributed by atoms with E-state index in [2.05, 4.69) is 25.3 Å². The van der Waals surface area contributed by atoms with E-state index >= 15 is 0 Å². The smallest absolute Gasteiger partial charge is 0.241 e. The molecule has 30 heavy (non-hydrogen) atoms. The number of para-hydroxylation sites is 2. The highest BCUT2D eigenvalue weighted by molar-refractivity contribution is 6.08. The van der Waals surface area contributed by atoms with Crippen LogP contribution in [0, 0.1) is 0 Å². The molecule has 1 unspecified atom stereocenters. The second kappa shape index (κ2) is 8.04. The Bertz CT molecular complexity index is 1150. The van der Waals surface area contributed by atoms with E-state index in [1.807, 2.05) is 24.3 Å². The van der Waals surface area contributed by atoms with Crippen LogP contribution in [0.1, 0.15) is 40.6 Å². The number of nitrogens with one attached hydrogen (secondary N) is 2. The first-order chi connectivity index (χ1) is 14.8. The Morgan fingerprint density at radius 1 is 1.03 bits per heavy atom. The number of benzene rings is 2. The number of carbonyl (C=O) groups is 1. The van der Waals surface area contributed by atoms with Gasteiger partial charge in [-0.1, -0.05) is 12.1 Å². The lowest BCUT2D eigenvalue weighted by molar-refractivity contribution is 0.103. The Hall–Kier alpha value is -3.58. The van der Waals surface area contributed by atoms with Crippen molar-refractivity contribution in [2.24, 2.45) is 0 Å². The Morgan fingerprint density at radius 2 is 1.87 bits per heavy atom. The number of fused-ring (bicyclic) bond motifs is 1. The normalized spacial score (nSPS) is 16.5. The zero-order valence-electron chi connectivity index (χ0n) is 16.3. The van der Waals surface area contributed by atoms with Gasteiger partial charge in [-0.15, -0.1) is 0 Å². The van der Waals surface area contributed by atoms with Gasteiger partial charge in [0, 0.05) is 30.4 Å². The number of aromatic amines is 1. The van der Waals surface area contributed by atoms with E-state index in [9.17, 15) is 4.79 Å². The first kappa shape index (κ1) is 18.4. The van der Waals surface area contributed by atoms with Crippen LogP contribution in [0.15, 0.2) is 60.9 Å². The lowest BCUT2D eigenvalue weighted by Gasteiger charge is -2.23. The highest BCUT2D eigenvalue weighted by Gasteiger charge is 2.22. The van der Waals surface area contributed by atoms with E-state index in [-0.39, 0.29) is 11.7 Å². The van der Waals surface area contributed by atoms with Gasteiger partial charge < -0.3 is 15.0 Å². The molecule has 1 fully saturated rings. The van der Waals surface area contributed by atoms with Crippen molar-refractivity contribution in [2.75, 3.05) is 13.1 Å². The van der Waals surface area contributed by atoms with Gasteiger partial charge >= 0.3 is 0 Å². The Kier molecular flexibility index (Phi) is 4.94. The zero-order chi connectivity index (χ0) is 20.3. The Balaban J connectivity index is 1.35. The fourth-order valence-electron chi connectivity index (χ4n) is 3.76. The van der Waals surface area contributed by atoms with Crippen molar-refractivity contribution in [1.29, 1.82) is 0 Å². The van der Waals surface area contributed by atoms with E-state index < -0.39 is 0 Å². The van der Waals surface area contributed by atoms with Gasteiger partial charge in [0.25, 0.3) is 0 Å². The van der Waals surface area contributed by atoms with Crippen LogP contribution < -0.4 is 10.1 Å². The van der Waals surface area contributed by atoms with Crippen LogP contribution in [0.5, 0.6) is 11.6 Å². The predicted molar refractivity (Wildman–Crippen MR) is 113 cm³/mol. The van der Waals surface area contributed by atoms with Crippen LogP contribution in [-0.4, -0.2) is 38.8 Å². The van der Waals surface area contributed by atoms with Crippen LogP contribution in [-0.2, 0) is 0 Å². The van der Waals surface area contributed by atoms with Gasteiger partial charge in [0.15, 0.2) is 5.82 Å². The summed E-state index contributed by atoms with van der Waals surface area (Å²) < 4.78 is 6.02. The number of rotatable bonds is 5. The van der Waals surface area contributed by atoms with E-state index in [0.29, 0.717) is 23.0 Å². The molecule has 3 heterocycles. The number of hydrogen-bond donors (Lipinski definition) is 2. The Labute approximate surface area is 173 Å². The van der Waals surface area contributed by atoms with Gasteiger partial charge in [0.1, 0.15) is 11.4 Å². The minimum absolute atomic E-state index is 0.161. The average Bonchev–Trinajstić information content (AvgIpc) is 3.24. The van der Waals surface area contributed by atoms with Crippen molar-refractivity contribution < 1.29 is 9.53 Å². The van der Waals surface area contributed by atoms with Crippen LogP contribution >= 0.6 is 0 Å². The lowest BCUT2D eigenvalue weighted by Crippen LogP contribution is -2.29. The molecule has 2 aromatic heterocycles. The van der Waals surface area contributed by atoms with E-state index in [0.717, 1.165) is 42.7 Å². The SMILES string of the molecule is O=C(c1ccc(Oc2nccnc2C2CCCNC2)cc1)c1nc2ccccc2[nH]1. The molecule has 2 N–H and O–H groups in total. The predicted octanol–water partition coefficient (Wildman–Crippen LogP) is 3.84. The quantitative estimate of drug-likeness (QED) is 0.495. The summed E-state index contributed by atoms with van der Waals surface area (Å²) in [6, 6.07) is 14.6. The molecule has 0 radical (unpaired) electrons. The van der Waals surface area contributed by atoms with E-state index in [1.165, 1.54) is 0 Å². The number of aromatic nitrogens is 4. The maximum absolute atomic E-state index is 12.8. The highest BCUT2D eigenvalue weighted by Crippen LogP contribution is 2.30. The molecule has 1 aliphatic heterocycles. The molecule has 4 aromatic rings. The molecule has 1 aliphatic rings. The molecule has 0 amide bonds. The number of piperidine rings is 1. The molecular formula is C23H21N5O2. The highest BCUT2D eigenvalue weighted by atomic mass is 16.5. The lowest BCUT2D eigenvalue weighted by atomic mass is 9.96. The first-order valence-electron chi connectivity index (χ1n) is 10.1. The number of nitrogens with zero attached hydrogens (tertiary/aromatic N) is 3. The third kappa shape index (κ3) is 3.67. The molecule has 1 saturated heterocycles. The molecule has 2 aromatic carbocycles. The van der Waals surface area contributed by atoms with Crippen LogP contribution in [0.3, 0.4) is 0 Å². The number of ketones is 1. The number of imidazole rings is 1. The number of H-pyrrole nitrogens is 1. The molecule has 0 aliphatic carbocycles. The van der Waals surface area contributed by atoms with Crippen molar-refractivity contribution in [3.8, 4) is 11.6 Å². The molecular weight excluding hydrogens is 378 g/mol. The maximum atomic E-state index is 12.8. The first-order valence-corrected chi connectivity index (χ1v) is 10.1. The van der Waals surface area contributed by atoms with Crippen molar-refractivity contribution >= 4 is 16.8 Å². The summed E-state index contributed by atoms with van der Waals surface area (Å²) in [5.74, 6) is 1.58. The van der Waals surface area contributed by atoms with Crippen molar-refractivity contribution in [3.05, 3.63) is 78.0 Å². The third-order valence-corrected chi connectivity index (χ3v) is 5.31. The third-order valence-electron chi connectivity index (χ3n) is 5.31. The van der Waals surface area contributed by atoms with Crippen molar-refractivity contribution in [1.82, 2.24) is 25.3 Å². The molecule has 0 bridgehead atoms. The molecule has 5 rings (SSSR count). The summed E-state index contributed by atoms with van der Waals surface area (Å²) in [5, 5.41) is 3.40. The minimum Gasteiger partial charge on any atom is -0.437 e. The van der Waals surface area contributed by atoms with Gasteiger partial charge in [-0.25, -0.2) is 9.97 Å². The van der Waals surface area contributed by atoms with Crippen molar-refractivity contribution in [2.45, 2.75) is 18.8 Å². The van der Waals surface area contributed by atoms with E-state index in [4.69, 9.17) is 4.74 Å². The molecule has 150 valence electrons. The zero-order valence-corrected chi connectivity index (χ0v) is 16.3. The van der Waals surface area contributed by atoms with Gasteiger partial charge in [0.2, 0.25) is 11.7 Å². The molecule has 1 atom stereocenters. The minimum atomic E-state index is -0.161. The fourth-order valence-corrected chi connectivity index (χ4v) is 3.76. The topological polar surface area (TPSA) is 92.8 Å². The number of carbonyl (C=O) groups excluding carboxylic acids is 1. The van der Waals surface area contributed by atoms with E-state index in [1.54, 1.807) is 36.7 Å². The summed E-state index contributed by atoms with van der Waals surface area (Å²) in [4.78, 5) is 29.1. The molecule has 7 nitrogen and oxygen atoms in total. The maximum Gasteiger partial charge on any atom is 0.241 e. The summed E-state index contributed by atoms with van der Waals surface area (Å²) in [5.41, 5.74) is 3.02. The van der Waals surface area contributed by atoms with Gasteiger partial charge in [-0.2, -0.15) is 0 Å². The average molecular weight is 399 g/mol.